The molecule has 0 saturated heterocycles. The summed E-state index contributed by atoms with van der Waals surface area (Å²) in [4.78, 5) is 12.3. The van der Waals surface area contributed by atoms with Crippen LogP contribution in [0.3, 0.4) is 0 Å². The Hall–Kier alpha value is -2.24. The Morgan fingerprint density at radius 2 is 0.697 bits per heavy atom. The molecule has 7 nitrogen and oxygen atoms in total. The number of halogens is 1. The third-order valence-corrected chi connectivity index (χ3v) is 8.61. The molecule has 2 aromatic rings. The fourth-order valence-electron chi connectivity index (χ4n) is 3.94. The van der Waals surface area contributed by atoms with Crippen molar-refractivity contribution in [3.8, 4) is 0 Å². The van der Waals surface area contributed by atoms with Gasteiger partial charge in [0.25, 0.3) is 0 Å². The standard InChI is InChI=1S/C24H40ClN6OP/c1-26(2)19-13-17(14-20(27(3)4)23(19)30(9)10)33(25,32)18-15-21(28(5)6)24(31(11)12)22(16-18)29(7)8/h13-16H,1-12H3. The van der Waals surface area contributed by atoms with Gasteiger partial charge in [0.15, 0.2) is 0 Å². The molecule has 0 bridgehead atoms. The molecule has 9 heteroatoms. The van der Waals surface area contributed by atoms with Crippen LogP contribution in [0.15, 0.2) is 24.3 Å². The van der Waals surface area contributed by atoms with E-state index in [2.05, 4.69) is 9.80 Å². The van der Waals surface area contributed by atoms with Crippen molar-refractivity contribution in [2.75, 3.05) is 114 Å². The molecule has 184 valence electrons. The van der Waals surface area contributed by atoms with Gasteiger partial charge in [-0.05, 0) is 35.5 Å². The van der Waals surface area contributed by atoms with Gasteiger partial charge in [-0.3, -0.25) is 4.57 Å². The van der Waals surface area contributed by atoms with Gasteiger partial charge in [-0.25, -0.2) is 0 Å². The quantitative estimate of drug-likeness (QED) is 0.519. The summed E-state index contributed by atoms with van der Waals surface area (Å²) < 4.78 is 14.3. The predicted octanol–water partition coefficient (Wildman–Crippen LogP) is 3.55. The summed E-state index contributed by atoms with van der Waals surface area (Å²) in [6.07, 6.45) is 0. The largest absolute Gasteiger partial charge is 0.376 e. The Morgan fingerprint density at radius 1 is 0.485 bits per heavy atom. The number of benzene rings is 2. The summed E-state index contributed by atoms with van der Waals surface area (Å²) in [6.45, 7) is -3.44. The second kappa shape index (κ2) is 9.94. The molecular weight excluding hydrogens is 455 g/mol. The molecule has 0 fully saturated rings. The van der Waals surface area contributed by atoms with Crippen molar-refractivity contribution >= 4 is 62.5 Å². The minimum absolute atomic E-state index is 0.620. The molecule has 0 unspecified atom stereocenters. The van der Waals surface area contributed by atoms with Crippen LogP contribution in [0.1, 0.15) is 0 Å². The van der Waals surface area contributed by atoms with Crippen LogP contribution in [-0.2, 0) is 4.57 Å². The minimum atomic E-state index is -3.44. The van der Waals surface area contributed by atoms with Crippen molar-refractivity contribution in [2.24, 2.45) is 0 Å². The van der Waals surface area contributed by atoms with Gasteiger partial charge in [-0.2, -0.15) is 0 Å². The van der Waals surface area contributed by atoms with Crippen LogP contribution in [-0.4, -0.2) is 84.6 Å². The van der Waals surface area contributed by atoms with Gasteiger partial charge in [-0.1, -0.05) is 0 Å². The normalized spacial score (nSPS) is 11.3. The van der Waals surface area contributed by atoms with Gasteiger partial charge in [0.1, 0.15) is 0 Å². The molecule has 0 amide bonds. The van der Waals surface area contributed by atoms with E-state index < -0.39 is 6.49 Å². The summed E-state index contributed by atoms with van der Waals surface area (Å²) in [5.41, 5.74) is 5.97. The monoisotopic (exact) mass is 494 g/mol. The Morgan fingerprint density at radius 3 is 0.848 bits per heavy atom. The van der Waals surface area contributed by atoms with Crippen molar-refractivity contribution < 1.29 is 4.57 Å². The van der Waals surface area contributed by atoms with Crippen LogP contribution in [0, 0.1) is 0 Å². The molecule has 0 aromatic heterocycles. The molecule has 0 aliphatic heterocycles. The number of hydrogen-bond donors (Lipinski definition) is 0. The lowest BCUT2D eigenvalue weighted by Crippen LogP contribution is -2.26. The lowest BCUT2D eigenvalue weighted by atomic mass is 10.2. The average Bonchev–Trinajstić information content (AvgIpc) is 2.70. The van der Waals surface area contributed by atoms with Gasteiger partial charge in [0.2, 0.25) is 6.49 Å². The van der Waals surface area contributed by atoms with Crippen LogP contribution in [0.4, 0.5) is 34.1 Å². The third kappa shape index (κ3) is 5.30. The van der Waals surface area contributed by atoms with Crippen molar-refractivity contribution in [1.82, 2.24) is 0 Å². The first-order chi connectivity index (χ1) is 15.1. The first-order valence-electron chi connectivity index (χ1n) is 10.8. The maximum Gasteiger partial charge on any atom is 0.226 e. The Kier molecular flexibility index (Phi) is 8.14. The van der Waals surface area contributed by atoms with Crippen molar-refractivity contribution in [3.63, 3.8) is 0 Å². The fourth-order valence-corrected chi connectivity index (χ4v) is 5.98. The zero-order valence-corrected chi connectivity index (χ0v) is 23.9. The molecule has 2 aromatic carbocycles. The van der Waals surface area contributed by atoms with Crippen LogP contribution in [0.2, 0.25) is 0 Å². The molecule has 0 heterocycles. The summed E-state index contributed by atoms with van der Waals surface area (Å²) in [7, 11) is 24.0. The maximum atomic E-state index is 14.3. The molecule has 33 heavy (non-hydrogen) atoms. The van der Waals surface area contributed by atoms with Crippen molar-refractivity contribution in [1.29, 1.82) is 0 Å². The van der Waals surface area contributed by atoms with Gasteiger partial charge in [0, 0.05) is 95.2 Å². The van der Waals surface area contributed by atoms with Crippen LogP contribution in [0.25, 0.3) is 0 Å². The number of nitrogens with zero attached hydrogens (tertiary/aromatic N) is 6. The van der Waals surface area contributed by atoms with E-state index in [1.54, 1.807) is 0 Å². The van der Waals surface area contributed by atoms with E-state index in [9.17, 15) is 4.57 Å². The number of hydrogen-bond acceptors (Lipinski definition) is 7. The molecule has 2 rings (SSSR count). The minimum Gasteiger partial charge on any atom is -0.376 e. The topological polar surface area (TPSA) is 36.5 Å². The van der Waals surface area contributed by atoms with Crippen LogP contribution < -0.4 is 40.0 Å². The summed E-state index contributed by atoms with van der Waals surface area (Å²) in [5.74, 6) is 0. The molecule has 0 radical (unpaired) electrons. The van der Waals surface area contributed by atoms with Crippen LogP contribution >= 0.6 is 17.7 Å². The van der Waals surface area contributed by atoms with E-state index in [-0.39, 0.29) is 0 Å². The van der Waals surface area contributed by atoms with E-state index in [1.807, 2.05) is 128 Å². The summed E-state index contributed by atoms with van der Waals surface area (Å²) >= 11 is 7.01. The maximum absolute atomic E-state index is 14.3. The molecule has 0 aliphatic carbocycles. The zero-order valence-electron chi connectivity index (χ0n) is 22.2. The Labute approximate surface area is 205 Å². The third-order valence-electron chi connectivity index (χ3n) is 5.59. The highest BCUT2D eigenvalue weighted by molar-refractivity contribution is 8.00. The molecule has 0 saturated carbocycles. The van der Waals surface area contributed by atoms with Gasteiger partial charge in [-0.15, -0.1) is 0 Å². The Balaban J connectivity index is 2.90. The predicted molar refractivity (Wildman–Crippen MR) is 152 cm³/mol. The first-order valence-corrected chi connectivity index (χ1v) is 13.4. The molecule has 0 aliphatic rings. The second-order valence-corrected chi connectivity index (χ2v) is 13.1. The smallest absolute Gasteiger partial charge is 0.226 e. The molecule has 0 spiro atoms. The highest BCUT2D eigenvalue weighted by Gasteiger charge is 2.31. The van der Waals surface area contributed by atoms with Gasteiger partial charge >= 0.3 is 0 Å². The van der Waals surface area contributed by atoms with Crippen molar-refractivity contribution in [2.45, 2.75) is 0 Å². The average molecular weight is 495 g/mol. The highest BCUT2D eigenvalue weighted by Crippen LogP contribution is 2.53. The SMILES string of the molecule is CN(C)c1cc(P(=O)(Cl)c2cc(N(C)C)c(N(C)C)c(N(C)C)c2)cc(N(C)C)c1N(C)C. The van der Waals surface area contributed by atoms with E-state index >= 15 is 0 Å². The van der Waals surface area contributed by atoms with Gasteiger partial charge < -0.3 is 29.4 Å². The molecule has 0 atom stereocenters. The summed E-state index contributed by atoms with van der Waals surface area (Å²) in [5, 5.41) is 1.24. The molecular formula is C24H40ClN6OP. The highest BCUT2D eigenvalue weighted by atomic mass is 35.7. The van der Waals surface area contributed by atoms with E-state index in [0.29, 0.717) is 10.6 Å². The van der Waals surface area contributed by atoms with Crippen molar-refractivity contribution in [3.05, 3.63) is 24.3 Å². The fraction of sp³-hybridized carbons (Fsp3) is 0.500. The van der Waals surface area contributed by atoms with E-state index in [0.717, 1.165) is 34.1 Å². The van der Waals surface area contributed by atoms with E-state index in [4.69, 9.17) is 11.2 Å². The number of rotatable bonds is 8. The second-order valence-electron chi connectivity index (χ2n) is 9.56. The number of anilines is 6. The Bertz CT molecular complexity index is 912. The van der Waals surface area contributed by atoms with Gasteiger partial charge in [0.05, 0.1) is 34.1 Å². The zero-order chi connectivity index (χ0) is 25.4. The lowest BCUT2D eigenvalue weighted by molar-refractivity contribution is 0.595. The first kappa shape index (κ1) is 27.0. The lowest BCUT2D eigenvalue weighted by Gasteiger charge is -2.31. The molecule has 0 N–H and O–H groups in total. The van der Waals surface area contributed by atoms with E-state index in [1.165, 1.54) is 0 Å². The van der Waals surface area contributed by atoms with Crippen LogP contribution in [0.5, 0.6) is 0 Å². The summed E-state index contributed by atoms with van der Waals surface area (Å²) in [6, 6.07) is 7.84.